The summed E-state index contributed by atoms with van der Waals surface area (Å²) in [6.07, 6.45) is 5.56. The highest BCUT2D eigenvalue weighted by Gasteiger charge is 2.10. The summed E-state index contributed by atoms with van der Waals surface area (Å²) in [5.41, 5.74) is 2.86. The van der Waals surface area contributed by atoms with Gasteiger partial charge in [-0.3, -0.25) is 4.98 Å². The van der Waals surface area contributed by atoms with Crippen LogP contribution in [0.5, 0.6) is 0 Å². The van der Waals surface area contributed by atoms with Crippen molar-refractivity contribution in [3.8, 4) is 0 Å². The Balaban J connectivity index is 1.50. The molecule has 1 aliphatic rings. The fourth-order valence-corrected chi connectivity index (χ4v) is 2.76. The van der Waals surface area contributed by atoms with Gasteiger partial charge < -0.3 is 15.5 Å². The number of pyridine rings is 1. The first kappa shape index (κ1) is 15.3. The molecule has 0 saturated carbocycles. The Hall–Kier alpha value is -2.56. The molecule has 1 saturated heterocycles. The molecule has 5 heteroatoms. The number of urea groups is 1. The smallest absolute Gasteiger partial charge is 0.319 e. The molecule has 0 radical (unpaired) electrons. The lowest BCUT2D eigenvalue weighted by atomic mass is 10.1. The largest absolute Gasteiger partial charge is 0.372 e. The second kappa shape index (κ2) is 7.63. The normalized spacial score (nSPS) is 14.3. The van der Waals surface area contributed by atoms with Gasteiger partial charge in [-0.2, -0.15) is 0 Å². The number of nitrogens with one attached hydrogen (secondary N) is 2. The minimum atomic E-state index is -0.221. The maximum Gasteiger partial charge on any atom is 0.319 e. The van der Waals surface area contributed by atoms with E-state index in [0.717, 1.165) is 24.5 Å². The Labute approximate surface area is 136 Å². The third-order valence-electron chi connectivity index (χ3n) is 4.00. The van der Waals surface area contributed by atoms with Crippen LogP contribution in [0.1, 0.15) is 25.0 Å². The number of aromatic nitrogens is 1. The van der Waals surface area contributed by atoms with E-state index >= 15 is 0 Å². The maximum absolute atomic E-state index is 11.9. The molecule has 23 heavy (non-hydrogen) atoms. The quantitative estimate of drug-likeness (QED) is 0.910. The van der Waals surface area contributed by atoms with Gasteiger partial charge in [0.1, 0.15) is 0 Å². The Morgan fingerprint density at radius 1 is 1.04 bits per heavy atom. The minimum absolute atomic E-state index is 0.221. The molecule has 2 N–H and O–H groups in total. The maximum atomic E-state index is 11.9. The average Bonchev–Trinajstić information content (AvgIpc) is 2.62. The number of anilines is 2. The highest BCUT2D eigenvalue weighted by molar-refractivity contribution is 5.89. The van der Waals surface area contributed by atoms with Crippen LogP contribution in [0.15, 0.2) is 48.7 Å². The second-order valence-electron chi connectivity index (χ2n) is 5.72. The lowest BCUT2D eigenvalue weighted by Crippen LogP contribution is -2.29. The molecule has 2 amide bonds. The van der Waals surface area contributed by atoms with Gasteiger partial charge in [0.2, 0.25) is 0 Å². The van der Waals surface area contributed by atoms with Crippen LogP contribution in [-0.4, -0.2) is 24.1 Å². The molecule has 0 spiro atoms. The summed E-state index contributed by atoms with van der Waals surface area (Å²) in [5, 5.41) is 5.65. The predicted octanol–water partition coefficient (Wildman–Crippen LogP) is 3.39. The summed E-state index contributed by atoms with van der Waals surface area (Å²) in [5.74, 6) is 0. The molecule has 5 nitrogen and oxygen atoms in total. The van der Waals surface area contributed by atoms with Gasteiger partial charge in [0.05, 0.1) is 12.2 Å². The van der Waals surface area contributed by atoms with E-state index in [0.29, 0.717) is 6.54 Å². The Kier molecular flexibility index (Phi) is 5.09. The van der Waals surface area contributed by atoms with Crippen molar-refractivity contribution in [1.29, 1.82) is 0 Å². The minimum Gasteiger partial charge on any atom is -0.372 e. The van der Waals surface area contributed by atoms with Gasteiger partial charge in [0, 0.05) is 30.7 Å². The molecule has 0 bridgehead atoms. The van der Waals surface area contributed by atoms with Crippen LogP contribution in [0.2, 0.25) is 0 Å². The number of hydrogen-bond donors (Lipinski definition) is 2. The van der Waals surface area contributed by atoms with E-state index in [2.05, 4.69) is 32.7 Å². The first-order valence-electron chi connectivity index (χ1n) is 8.11. The predicted molar refractivity (Wildman–Crippen MR) is 92.6 cm³/mol. The van der Waals surface area contributed by atoms with Gasteiger partial charge in [-0.25, -0.2) is 4.79 Å². The number of carbonyl (C=O) groups excluding carboxylic acids is 1. The fourth-order valence-electron chi connectivity index (χ4n) is 2.76. The van der Waals surface area contributed by atoms with Crippen molar-refractivity contribution >= 4 is 17.4 Å². The van der Waals surface area contributed by atoms with Crippen molar-refractivity contribution in [2.45, 2.75) is 25.8 Å². The number of rotatable bonds is 4. The van der Waals surface area contributed by atoms with Crippen molar-refractivity contribution in [3.05, 3.63) is 54.4 Å². The number of amides is 2. The van der Waals surface area contributed by atoms with E-state index in [1.165, 1.54) is 24.9 Å². The molecule has 120 valence electrons. The van der Waals surface area contributed by atoms with Crippen molar-refractivity contribution in [2.24, 2.45) is 0 Å². The molecular formula is C18H22N4O. The number of hydrogen-bond acceptors (Lipinski definition) is 3. The molecule has 2 aromatic rings. The van der Waals surface area contributed by atoms with Crippen LogP contribution in [0.4, 0.5) is 16.2 Å². The Bertz CT molecular complexity index is 621. The lowest BCUT2D eigenvalue weighted by Gasteiger charge is -2.28. The van der Waals surface area contributed by atoms with Crippen LogP contribution in [0.3, 0.4) is 0 Å². The molecule has 1 aliphatic heterocycles. The first-order chi connectivity index (χ1) is 11.3. The van der Waals surface area contributed by atoms with Gasteiger partial charge in [0.25, 0.3) is 0 Å². The molecule has 3 rings (SSSR count). The number of piperidine rings is 1. The Morgan fingerprint density at radius 2 is 1.83 bits per heavy atom. The summed E-state index contributed by atoms with van der Waals surface area (Å²) in [6.45, 7) is 2.66. The zero-order chi connectivity index (χ0) is 15.9. The van der Waals surface area contributed by atoms with Crippen LogP contribution in [-0.2, 0) is 6.54 Å². The first-order valence-corrected chi connectivity index (χ1v) is 8.11. The Morgan fingerprint density at radius 3 is 2.52 bits per heavy atom. The monoisotopic (exact) mass is 310 g/mol. The molecule has 1 fully saturated rings. The van der Waals surface area contributed by atoms with Crippen LogP contribution in [0, 0.1) is 0 Å². The topological polar surface area (TPSA) is 57.3 Å². The second-order valence-corrected chi connectivity index (χ2v) is 5.72. The van der Waals surface area contributed by atoms with Crippen molar-refractivity contribution in [3.63, 3.8) is 0 Å². The van der Waals surface area contributed by atoms with Crippen LogP contribution >= 0.6 is 0 Å². The lowest BCUT2D eigenvalue weighted by molar-refractivity contribution is 0.251. The summed E-state index contributed by atoms with van der Waals surface area (Å²) >= 11 is 0. The number of carbonyl (C=O) groups is 1. The molecule has 0 unspecified atom stereocenters. The summed E-state index contributed by atoms with van der Waals surface area (Å²) in [7, 11) is 0. The summed E-state index contributed by atoms with van der Waals surface area (Å²) in [6, 6.07) is 13.5. The highest BCUT2D eigenvalue weighted by atomic mass is 16.2. The van der Waals surface area contributed by atoms with Crippen LogP contribution < -0.4 is 15.5 Å². The standard InChI is InChI=1S/C18H22N4O/c23-18(20-14-16-6-2-3-11-19-16)21-15-7-9-17(10-8-15)22-12-4-1-5-13-22/h2-3,6-11H,1,4-5,12-14H2,(H2,20,21,23). The molecule has 0 atom stereocenters. The van der Waals surface area contributed by atoms with E-state index in [1.54, 1.807) is 6.20 Å². The van der Waals surface area contributed by atoms with Gasteiger partial charge in [-0.1, -0.05) is 6.07 Å². The molecule has 2 heterocycles. The SMILES string of the molecule is O=C(NCc1ccccn1)Nc1ccc(N2CCCCC2)cc1. The third-order valence-corrected chi connectivity index (χ3v) is 4.00. The van der Waals surface area contributed by atoms with Gasteiger partial charge in [-0.05, 0) is 55.7 Å². The molecule has 0 aliphatic carbocycles. The van der Waals surface area contributed by atoms with Crippen molar-refractivity contribution in [2.75, 3.05) is 23.3 Å². The summed E-state index contributed by atoms with van der Waals surface area (Å²) < 4.78 is 0. The van der Waals surface area contributed by atoms with E-state index in [1.807, 2.05) is 30.3 Å². The van der Waals surface area contributed by atoms with Gasteiger partial charge >= 0.3 is 6.03 Å². The zero-order valence-corrected chi connectivity index (χ0v) is 13.2. The van der Waals surface area contributed by atoms with E-state index in [4.69, 9.17) is 0 Å². The average molecular weight is 310 g/mol. The van der Waals surface area contributed by atoms with E-state index in [-0.39, 0.29) is 6.03 Å². The van der Waals surface area contributed by atoms with Crippen molar-refractivity contribution < 1.29 is 4.79 Å². The molecular weight excluding hydrogens is 288 g/mol. The fraction of sp³-hybridized carbons (Fsp3) is 0.333. The van der Waals surface area contributed by atoms with E-state index in [9.17, 15) is 4.79 Å². The summed E-state index contributed by atoms with van der Waals surface area (Å²) in [4.78, 5) is 18.5. The number of benzene rings is 1. The van der Waals surface area contributed by atoms with E-state index < -0.39 is 0 Å². The molecule has 1 aromatic heterocycles. The van der Waals surface area contributed by atoms with Crippen molar-refractivity contribution in [1.82, 2.24) is 10.3 Å². The number of nitrogens with zero attached hydrogens (tertiary/aromatic N) is 2. The zero-order valence-electron chi connectivity index (χ0n) is 13.2. The van der Waals surface area contributed by atoms with Gasteiger partial charge in [0.15, 0.2) is 0 Å². The third kappa shape index (κ3) is 4.45. The highest BCUT2D eigenvalue weighted by Crippen LogP contribution is 2.21. The van der Waals surface area contributed by atoms with Crippen LogP contribution in [0.25, 0.3) is 0 Å². The van der Waals surface area contributed by atoms with Gasteiger partial charge in [-0.15, -0.1) is 0 Å². The molecule has 1 aromatic carbocycles.